The predicted octanol–water partition coefficient (Wildman–Crippen LogP) is 2.80. The average molecular weight is 245 g/mol. The van der Waals surface area contributed by atoms with Gasteiger partial charge in [0.15, 0.2) is 0 Å². The summed E-state index contributed by atoms with van der Waals surface area (Å²) < 4.78 is 0. The second-order valence-corrected chi connectivity index (χ2v) is 6.45. The molecular weight excluding hydrogens is 220 g/mol. The molecule has 3 heteroatoms. The average Bonchev–Trinajstić information content (AvgIpc) is 2.24. The molecule has 1 aliphatic heterocycles. The van der Waals surface area contributed by atoms with Gasteiger partial charge < -0.3 is 5.73 Å². The minimum atomic E-state index is 0.298. The van der Waals surface area contributed by atoms with Crippen molar-refractivity contribution in [3.63, 3.8) is 0 Å². The van der Waals surface area contributed by atoms with E-state index in [9.17, 15) is 0 Å². The third-order valence-corrected chi connectivity index (χ3v) is 4.58. The van der Waals surface area contributed by atoms with Crippen LogP contribution in [-0.4, -0.2) is 29.5 Å². The Balaban J connectivity index is 1.82. The van der Waals surface area contributed by atoms with Gasteiger partial charge in [0.05, 0.1) is 6.17 Å². The van der Waals surface area contributed by atoms with E-state index in [4.69, 9.17) is 17.3 Å². The number of alkyl halides is 1. The Hall–Kier alpha value is 0.210. The summed E-state index contributed by atoms with van der Waals surface area (Å²) in [6.07, 6.45) is 7.81. The summed E-state index contributed by atoms with van der Waals surface area (Å²) in [5.74, 6) is 1.60. The van der Waals surface area contributed by atoms with Crippen LogP contribution in [0.5, 0.6) is 0 Å². The quantitative estimate of drug-likeness (QED) is 0.757. The molecule has 94 valence electrons. The minimum Gasteiger partial charge on any atom is -0.316 e. The summed E-state index contributed by atoms with van der Waals surface area (Å²) in [5.41, 5.74) is 6.19. The minimum absolute atomic E-state index is 0.298. The highest BCUT2D eigenvalue weighted by Gasteiger charge is 2.28. The van der Waals surface area contributed by atoms with E-state index < -0.39 is 0 Å². The molecule has 4 atom stereocenters. The molecule has 2 aliphatic rings. The lowest BCUT2D eigenvalue weighted by Crippen LogP contribution is -2.50. The number of nitrogens with two attached hydrogens (primary N) is 1. The summed E-state index contributed by atoms with van der Waals surface area (Å²) in [4.78, 5) is 2.49. The molecule has 1 aliphatic carbocycles. The van der Waals surface area contributed by atoms with E-state index in [2.05, 4.69) is 11.8 Å². The number of rotatable bonds is 2. The van der Waals surface area contributed by atoms with Crippen LogP contribution in [0.15, 0.2) is 0 Å². The highest BCUT2D eigenvalue weighted by Crippen LogP contribution is 2.30. The number of hydrogen-bond acceptors (Lipinski definition) is 2. The third-order valence-electron chi connectivity index (χ3n) is 4.18. The molecule has 0 aromatic carbocycles. The Kier molecular flexibility index (Phi) is 4.51. The van der Waals surface area contributed by atoms with Crippen LogP contribution < -0.4 is 5.73 Å². The molecule has 2 N–H and O–H groups in total. The van der Waals surface area contributed by atoms with Crippen LogP contribution in [0, 0.1) is 11.8 Å². The number of piperidine rings is 1. The van der Waals surface area contributed by atoms with E-state index in [0.717, 1.165) is 18.3 Å². The van der Waals surface area contributed by atoms with Crippen LogP contribution in [0.3, 0.4) is 0 Å². The summed E-state index contributed by atoms with van der Waals surface area (Å²) in [6.45, 7) is 4.70. The van der Waals surface area contributed by atoms with Crippen LogP contribution in [0.4, 0.5) is 0 Å². The van der Waals surface area contributed by atoms with Crippen LogP contribution >= 0.6 is 11.6 Å². The maximum absolute atomic E-state index is 6.24. The van der Waals surface area contributed by atoms with E-state index >= 15 is 0 Å². The highest BCUT2D eigenvalue weighted by atomic mass is 35.5. The first kappa shape index (κ1) is 12.7. The smallest absolute Gasteiger partial charge is 0.0572 e. The maximum Gasteiger partial charge on any atom is 0.0572 e. The molecule has 4 unspecified atom stereocenters. The molecule has 1 saturated carbocycles. The first-order valence-electron chi connectivity index (χ1n) is 6.79. The second kappa shape index (κ2) is 5.70. The molecular formula is C13H25ClN2. The molecule has 2 nitrogen and oxygen atoms in total. The first-order chi connectivity index (χ1) is 7.65. The molecule has 1 saturated heterocycles. The normalized spacial score (nSPS) is 42.2. The van der Waals surface area contributed by atoms with Crippen LogP contribution in [0.2, 0.25) is 0 Å². The lowest BCUT2D eigenvalue weighted by molar-refractivity contribution is 0.0896. The molecule has 2 fully saturated rings. The zero-order chi connectivity index (χ0) is 11.5. The van der Waals surface area contributed by atoms with Gasteiger partial charge in [0.2, 0.25) is 0 Å². The Bertz CT molecular complexity index is 222. The van der Waals surface area contributed by atoms with E-state index in [0.29, 0.717) is 11.5 Å². The van der Waals surface area contributed by atoms with Crippen molar-refractivity contribution in [2.45, 2.75) is 57.0 Å². The largest absolute Gasteiger partial charge is 0.316 e. The number of halogens is 1. The van der Waals surface area contributed by atoms with Gasteiger partial charge in [0.25, 0.3) is 0 Å². The number of hydrogen-bond donors (Lipinski definition) is 1. The standard InChI is InChI=1S/C13H25ClN2/c1-10-5-6-13(15)16(8-10)9-11-3-2-4-12(14)7-11/h10-13H,2-9,15H2,1H3. The predicted molar refractivity (Wildman–Crippen MR) is 69.5 cm³/mol. The molecule has 0 bridgehead atoms. The Morgan fingerprint density at radius 2 is 2.06 bits per heavy atom. The molecule has 0 aromatic rings. The fourth-order valence-electron chi connectivity index (χ4n) is 3.20. The molecule has 0 amide bonds. The summed E-state index contributed by atoms with van der Waals surface area (Å²) in [6, 6.07) is 0. The van der Waals surface area contributed by atoms with Gasteiger partial charge in [-0.05, 0) is 43.9 Å². The van der Waals surface area contributed by atoms with E-state index in [1.165, 1.54) is 45.2 Å². The van der Waals surface area contributed by atoms with Crippen LogP contribution in [0.1, 0.15) is 45.4 Å². The van der Waals surface area contributed by atoms with Gasteiger partial charge in [-0.15, -0.1) is 11.6 Å². The van der Waals surface area contributed by atoms with Crippen molar-refractivity contribution < 1.29 is 0 Å². The van der Waals surface area contributed by atoms with Crippen molar-refractivity contribution >= 4 is 11.6 Å². The van der Waals surface area contributed by atoms with Gasteiger partial charge in [-0.2, -0.15) is 0 Å². The van der Waals surface area contributed by atoms with E-state index in [-0.39, 0.29) is 0 Å². The third kappa shape index (κ3) is 3.35. The lowest BCUT2D eigenvalue weighted by atomic mass is 9.87. The van der Waals surface area contributed by atoms with Crippen molar-refractivity contribution in [3.8, 4) is 0 Å². The summed E-state index contributed by atoms with van der Waals surface area (Å²) in [7, 11) is 0. The van der Waals surface area contributed by atoms with Crippen LogP contribution in [-0.2, 0) is 0 Å². The fraction of sp³-hybridized carbons (Fsp3) is 1.00. The monoisotopic (exact) mass is 244 g/mol. The Morgan fingerprint density at radius 1 is 1.25 bits per heavy atom. The molecule has 16 heavy (non-hydrogen) atoms. The number of nitrogens with zero attached hydrogens (tertiary/aromatic N) is 1. The zero-order valence-electron chi connectivity index (χ0n) is 10.4. The maximum atomic E-state index is 6.24. The van der Waals surface area contributed by atoms with E-state index in [1.807, 2.05) is 0 Å². The van der Waals surface area contributed by atoms with Crippen molar-refractivity contribution in [3.05, 3.63) is 0 Å². The molecule has 1 heterocycles. The molecule has 2 rings (SSSR count). The highest BCUT2D eigenvalue weighted by molar-refractivity contribution is 6.20. The van der Waals surface area contributed by atoms with Crippen LogP contribution in [0.25, 0.3) is 0 Å². The van der Waals surface area contributed by atoms with Crippen molar-refractivity contribution in [1.82, 2.24) is 4.90 Å². The van der Waals surface area contributed by atoms with Crippen molar-refractivity contribution in [2.75, 3.05) is 13.1 Å². The topological polar surface area (TPSA) is 29.3 Å². The molecule has 0 aromatic heterocycles. The Morgan fingerprint density at radius 3 is 2.81 bits per heavy atom. The van der Waals surface area contributed by atoms with Crippen molar-refractivity contribution in [2.24, 2.45) is 17.6 Å². The summed E-state index contributed by atoms with van der Waals surface area (Å²) in [5, 5.41) is 0.414. The fourth-order valence-corrected chi connectivity index (χ4v) is 3.60. The van der Waals surface area contributed by atoms with Gasteiger partial charge in [-0.1, -0.05) is 13.3 Å². The van der Waals surface area contributed by atoms with Gasteiger partial charge in [0, 0.05) is 18.5 Å². The van der Waals surface area contributed by atoms with Gasteiger partial charge in [0.1, 0.15) is 0 Å². The number of likely N-dealkylation sites (tertiary alicyclic amines) is 1. The van der Waals surface area contributed by atoms with Gasteiger partial charge in [-0.25, -0.2) is 0 Å². The summed E-state index contributed by atoms with van der Waals surface area (Å²) >= 11 is 6.24. The SMILES string of the molecule is CC1CCC(N)N(CC2CCCC(Cl)C2)C1. The molecule has 0 radical (unpaired) electrons. The zero-order valence-corrected chi connectivity index (χ0v) is 11.1. The molecule has 0 spiro atoms. The van der Waals surface area contributed by atoms with Gasteiger partial charge >= 0.3 is 0 Å². The first-order valence-corrected chi connectivity index (χ1v) is 7.22. The van der Waals surface area contributed by atoms with Crippen molar-refractivity contribution in [1.29, 1.82) is 0 Å². The van der Waals surface area contributed by atoms with Gasteiger partial charge in [-0.3, -0.25) is 4.90 Å². The Labute approximate surface area is 105 Å². The van der Waals surface area contributed by atoms with E-state index in [1.54, 1.807) is 0 Å². The second-order valence-electron chi connectivity index (χ2n) is 5.83. The lowest BCUT2D eigenvalue weighted by Gasteiger charge is -2.39.